The molecule has 0 amide bonds. The van der Waals surface area contributed by atoms with Crippen LogP contribution in [0.15, 0.2) is 152 Å². The summed E-state index contributed by atoms with van der Waals surface area (Å²) in [7, 11) is 0. The molecule has 2 aromatic heterocycles. The maximum atomic E-state index is 10.5. The van der Waals surface area contributed by atoms with Crippen molar-refractivity contribution >= 4 is 43.6 Å². The third-order valence-corrected chi connectivity index (χ3v) is 9.62. The lowest BCUT2D eigenvalue weighted by molar-refractivity contribution is 1.18. The Bertz CT molecular complexity index is 2920. The molecule has 0 N–H and O–H groups in total. The Kier molecular flexibility index (Phi) is 6.56. The number of para-hydroxylation sites is 3. The zero-order valence-corrected chi connectivity index (χ0v) is 26.7. The minimum atomic E-state index is 0.554. The average molecular weight is 636 g/mol. The molecule has 0 atom stereocenters. The standard InChI is InChI=1S/C45H25N5/c46-26-29-17-21-44-40(22-29)39-19-16-30(27-47)23-45(39)50(44)41-13-4-1-10-36(41)32-18-20-35(33(24-32)28-48)31-8-7-9-34(25-31)49-42-14-5-2-11-37(42)38-12-3-6-15-43(38)49/h1-25H. The molecule has 0 aliphatic heterocycles. The molecule has 0 aliphatic carbocycles. The topological polar surface area (TPSA) is 81.2 Å². The molecular weight excluding hydrogens is 611 g/mol. The van der Waals surface area contributed by atoms with Crippen molar-refractivity contribution in [2.75, 3.05) is 0 Å². The van der Waals surface area contributed by atoms with Gasteiger partial charge in [0.1, 0.15) is 0 Å². The van der Waals surface area contributed by atoms with Crippen molar-refractivity contribution in [3.63, 3.8) is 0 Å². The molecule has 0 radical (unpaired) electrons. The molecule has 2 heterocycles. The fraction of sp³-hybridized carbons (Fsp3) is 0. The van der Waals surface area contributed by atoms with Crippen molar-refractivity contribution in [2.45, 2.75) is 0 Å². The number of benzene rings is 7. The summed E-state index contributed by atoms with van der Waals surface area (Å²) >= 11 is 0. The predicted molar refractivity (Wildman–Crippen MR) is 200 cm³/mol. The fourth-order valence-corrected chi connectivity index (χ4v) is 7.40. The molecule has 0 fully saturated rings. The molecule has 5 heteroatoms. The van der Waals surface area contributed by atoms with Gasteiger partial charge in [0.05, 0.1) is 62.7 Å². The maximum Gasteiger partial charge on any atom is 0.0998 e. The molecule has 0 unspecified atom stereocenters. The molecule has 9 rings (SSSR count). The van der Waals surface area contributed by atoms with Gasteiger partial charge in [-0.25, -0.2) is 0 Å². The number of nitriles is 3. The van der Waals surface area contributed by atoms with Crippen LogP contribution in [0.3, 0.4) is 0 Å². The van der Waals surface area contributed by atoms with Gasteiger partial charge < -0.3 is 9.13 Å². The third-order valence-electron chi connectivity index (χ3n) is 9.62. The minimum Gasteiger partial charge on any atom is -0.309 e. The Morgan fingerprint density at radius 2 is 1.02 bits per heavy atom. The summed E-state index contributed by atoms with van der Waals surface area (Å²) in [4.78, 5) is 0. The molecule has 0 aliphatic rings. The van der Waals surface area contributed by atoms with E-state index in [1.807, 2.05) is 66.7 Å². The van der Waals surface area contributed by atoms with E-state index in [9.17, 15) is 15.8 Å². The van der Waals surface area contributed by atoms with Crippen molar-refractivity contribution < 1.29 is 0 Å². The van der Waals surface area contributed by atoms with Crippen LogP contribution in [-0.2, 0) is 0 Å². The molecule has 0 bridgehead atoms. The quantitative estimate of drug-likeness (QED) is 0.193. The first-order chi connectivity index (χ1) is 24.7. The monoisotopic (exact) mass is 635 g/mol. The first kappa shape index (κ1) is 28.8. The summed E-state index contributed by atoms with van der Waals surface area (Å²) in [5.41, 5.74) is 11.4. The summed E-state index contributed by atoms with van der Waals surface area (Å²) in [5.74, 6) is 0. The van der Waals surface area contributed by atoms with E-state index < -0.39 is 0 Å². The lowest BCUT2D eigenvalue weighted by atomic mass is 9.94. The number of aromatic nitrogens is 2. The number of fused-ring (bicyclic) bond motifs is 6. The van der Waals surface area contributed by atoms with Crippen LogP contribution in [0.2, 0.25) is 0 Å². The van der Waals surface area contributed by atoms with Crippen LogP contribution in [0.4, 0.5) is 0 Å². The largest absolute Gasteiger partial charge is 0.309 e. The van der Waals surface area contributed by atoms with E-state index in [1.54, 1.807) is 0 Å². The number of rotatable bonds is 4. The van der Waals surface area contributed by atoms with Gasteiger partial charge in [-0.15, -0.1) is 0 Å². The van der Waals surface area contributed by atoms with Gasteiger partial charge in [-0.2, -0.15) is 15.8 Å². The Morgan fingerprint density at radius 1 is 0.380 bits per heavy atom. The normalized spacial score (nSPS) is 11.1. The van der Waals surface area contributed by atoms with E-state index in [4.69, 9.17) is 0 Å². The van der Waals surface area contributed by atoms with Crippen LogP contribution < -0.4 is 0 Å². The van der Waals surface area contributed by atoms with E-state index in [1.165, 1.54) is 10.8 Å². The Balaban J connectivity index is 1.20. The van der Waals surface area contributed by atoms with Gasteiger partial charge in [-0.05, 0) is 83.4 Å². The van der Waals surface area contributed by atoms with Gasteiger partial charge >= 0.3 is 0 Å². The Morgan fingerprint density at radius 3 is 1.78 bits per heavy atom. The SMILES string of the molecule is N#Cc1ccc2c(c1)c1ccc(C#N)cc1n2-c1ccccc1-c1ccc(-c2cccc(-n3c4ccccc4c4ccccc43)c2)c(C#N)c1. The van der Waals surface area contributed by atoms with Crippen molar-refractivity contribution in [3.8, 4) is 51.8 Å². The van der Waals surface area contributed by atoms with Crippen molar-refractivity contribution in [2.24, 2.45) is 0 Å². The summed E-state index contributed by atoms with van der Waals surface area (Å²) in [5, 5.41) is 34.2. The lowest BCUT2D eigenvalue weighted by Crippen LogP contribution is -1.98. The van der Waals surface area contributed by atoms with Crippen molar-refractivity contribution in [1.29, 1.82) is 15.8 Å². The second kappa shape index (κ2) is 11.4. The summed E-state index contributed by atoms with van der Waals surface area (Å²) in [6, 6.07) is 57.8. The summed E-state index contributed by atoms with van der Waals surface area (Å²) < 4.78 is 4.44. The first-order valence-electron chi connectivity index (χ1n) is 16.3. The average Bonchev–Trinajstić information content (AvgIpc) is 3.69. The fourth-order valence-electron chi connectivity index (χ4n) is 7.40. The van der Waals surface area contributed by atoms with Gasteiger partial charge in [0.2, 0.25) is 0 Å². The molecule has 50 heavy (non-hydrogen) atoms. The zero-order chi connectivity index (χ0) is 33.8. The molecule has 5 nitrogen and oxygen atoms in total. The molecule has 230 valence electrons. The van der Waals surface area contributed by atoms with Gasteiger partial charge in [0, 0.05) is 32.8 Å². The van der Waals surface area contributed by atoms with Crippen molar-refractivity contribution in [1.82, 2.24) is 9.13 Å². The summed E-state index contributed by atoms with van der Waals surface area (Å²) in [6.45, 7) is 0. The lowest BCUT2D eigenvalue weighted by Gasteiger charge is -2.15. The van der Waals surface area contributed by atoms with Crippen LogP contribution in [0.5, 0.6) is 0 Å². The first-order valence-corrected chi connectivity index (χ1v) is 16.3. The van der Waals surface area contributed by atoms with Crippen LogP contribution in [0.25, 0.3) is 77.2 Å². The van der Waals surface area contributed by atoms with Crippen LogP contribution in [0.1, 0.15) is 16.7 Å². The highest BCUT2D eigenvalue weighted by Crippen LogP contribution is 2.39. The van der Waals surface area contributed by atoms with Crippen molar-refractivity contribution in [3.05, 3.63) is 168 Å². The molecule has 0 spiro atoms. The van der Waals surface area contributed by atoms with E-state index in [2.05, 4.69) is 112 Å². The van der Waals surface area contributed by atoms with E-state index >= 15 is 0 Å². The predicted octanol–water partition coefficient (Wildman–Crippen LogP) is 10.8. The highest BCUT2D eigenvalue weighted by atomic mass is 15.0. The van der Waals surface area contributed by atoms with E-state index in [-0.39, 0.29) is 0 Å². The minimum absolute atomic E-state index is 0.554. The second-order valence-corrected chi connectivity index (χ2v) is 12.3. The Hall–Kier alpha value is -7.39. The number of hydrogen-bond acceptors (Lipinski definition) is 3. The van der Waals surface area contributed by atoms with Gasteiger partial charge in [-0.3, -0.25) is 0 Å². The van der Waals surface area contributed by atoms with Crippen LogP contribution >= 0.6 is 0 Å². The van der Waals surface area contributed by atoms with E-state index in [0.29, 0.717) is 16.7 Å². The highest BCUT2D eigenvalue weighted by Gasteiger charge is 2.18. The van der Waals surface area contributed by atoms with E-state index in [0.717, 1.165) is 66.5 Å². The van der Waals surface area contributed by atoms with Gasteiger partial charge in [0.15, 0.2) is 0 Å². The van der Waals surface area contributed by atoms with Crippen LogP contribution in [0, 0.1) is 34.0 Å². The van der Waals surface area contributed by atoms with Gasteiger partial charge in [-0.1, -0.05) is 84.9 Å². The maximum absolute atomic E-state index is 10.5. The highest BCUT2D eigenvalue weighted by molar-refractivity contribution is 6.11. The van der Waals surface area contributed by atoms with Gasteiger partial charge in [0.25, 0.3) is 0 Å². The third kappa shape index (κ3) is 4.38. The molecule has 0 saturated carbocycles. The second-order valence-electron chi connectivity index (χ2n) is 12.3. The molecule has 0 saturated heterocycles. The number of hydrogen-bond donors (Lipinski definition) is 0. The summed E-state index contributed by atoms with van der Waals surface area (Å²) in [6.07, 6.45) is 0. The molecule has 7 aromatic carbocycles. The van der Waals surface area contributed by atoms with Crippen LogP contribution in [-0.4, -0.2) is 9.13 Å². The molecular formula is C45H25N5. The zero-order valence-electron chi connectivity index (χ0n) is 26.7. The number of nitrogens with zero attached hydrogens (tertiary/aromatic N) is 5. The molecule has 9 aromatic rings. The smallest absolute Gasteiger partial charge is 0.0998 e. The Labute approximate surface area is 287 Å².